The predicted octanol–water partition coefficient (Wildman–Crippen LogP) is 2.53. The van der Waals surface area contributed by atoms with Crippen LogP contribution in [0, 0.1) is 6.92 Å². The molecule has 1 unspecified atom stereocenters. The molecule has 1 atom stereocenters. The van der Waals surface area contributed by atoms with Gasteiger partial charge in [-0.25, -0.2) is 0 Å². The van der Waals surface area contributed by atoms with E-state index in [0.29, 0.717) is 5.88 Å². The summed E-state index contributed by atoms with van der Waals surface area (Å²) in [6.07, 6.45) is 1.74. The third-order valence-corrected chi connectivity index (χ3v) is 3.86. The molecule has 6 heteroatoms. The highest BCUT2D eigenvalue weighted by Gasteiger charge is 2.11. The molecule has 0 spiro atoms. The number of ether oxygens (including phenoxy) is 1. The Morgan fingerprint density at radius 1 is 1.25 bits per heavy atom. The van der Waals surface area contributed by atoms with Gasteiger partial charge in [0, 0.05) is 18.5 Å². The van der Waals surface area contributed by atoms with E-state index in [2.05, 4.69) is 15.4 Å². The Morgan fingerprint density at radius 2 is 2.00 bits per heavy atom. The summed E-state index contributed by atoms with van der Waals surface area (Å²) < 4.78 is 7.16. The smallest absolute Gasteiger partial charge is 0.258 e. The third-order valence-electron chi connectivity index (χ3n) is 3.86. The number of aromatic nitrogens is 3. The molecule has 0 saturated heterocycles. The molecule has 0 bridgehead atoms. The molecule has 24 heavy (non-hydrogen) atoms. The Bertz CT molecular complexity index is 855. The Kier molecular flexibility index (Phi) is 4.46. The second kappa shape index (κ2) is 6.70. The summed E-state index contributed by atoms with van der Waals surface area (Å²) >= 11 is 0. The average Bonchev–Trinajstić information content (AvgIpc) is 2.94. The van der Waals surface area contributed by atoms with Crippen LogP contribution in [-0.2, 0) is 11.8 Å². The van der Waals surface area contributed by atoms with Gasteiger partial charge in [-0.15, -0.1) is 0 Å². The summed E-state index contributed by atoms with van der Waals surface area (Å²) in [6, 6.07) is 11.6. The summed E-state index contributed by atoms with van der Waals surface area (Å²) in [5.74, 6) is 0.221. The van der Waals surface area contributed by atoms with E-state index in [1.165, 1.54) is 5.56 Å². The highest BCUT2D eigenvalue weighted by atomic mass is 16.5. The van der Waals surface area contributed by atoms with Crippen LogP contribution < -0.4 is 10.1 Å². The molecule has 2 heterocycles. The maximum Gasteiger partial charge on any atom is 0.258 e. The molecule has 0 saturated carbocycles. The van der Waals surface area contributed by atoms with Gasteiger partial charge in [0.25, 0.3) is 5.91 Å². The monoisotopic (exact) mass is 324 g/mol. The van der Waals surface area contributed by atoms with Crippen molar-refractivity contribution in [3.05, 3.63) is 53.7 Å². The van der Waals surface area contributed by atoms with Crippen LogP contribution in [0.2, 0.25) is 0 Å². The Balaban J connectivity index is 1.58. The number of nitrogens with zero attached hydrogens (tertiary/aromatic N) is 3. The average molecular weight is 324 g/mol. The van der Waals surface area contributed by atoms with Crippen LogP contribution in [0.3, 0.4) is 0 Å². The quantitative estimate of drug-likeness (QED) is 0.783. The van der Waals surface area contributed by atoms with Gasteiger partial charge in [-0.05, 0) is 25.5 Å². The van der Waals surface area contributed by atoms with Crippen molar-refractivity contribution in [1.29, 1.82) is 0 Å². The second-order valence-corrected chi connectivity index (χ2v) is 5.82. The number of carbonyl (C=O) groups is 1. The molecular weight excluding hydrogens is 304 g/mol. The fourth-order valence-corrected chi connectivity index (χ4v) is 2.45. The van der Waals surface area contributed by atoms with Crippen molar-refractivity contribution in [2.45, 2.75) is 19.9 Å². The topological polar surface area (TPSA) is 69.0 Å². The standard InChI is InChI=1S/C18H20N4O2/c1-12-4-6-14(7-5-12)13(2)20-16(23)11-24-17-9-8-15-10-19-22(3)18(15)21-17/h4-10,13H,11H2,1-3H3,(H,20,23). The summed E-state index contributed by atoms with van der Waals surface area (Å²) in [5.41, 5.74) is 2.97. The number of benzene rings is 1. The number of aryl methyl sites for hydroxylation is 2. The maximum atomic E-state index is 12.1. The molecule has 0 aliphatic rings. The van der Waals surface area contributed by atoms with Gasteiger partial charge in [0.2, 0.25) is 5.88 Å². The van der Waals surface area contributed by atoms with Gasteiger partial charge >= 0.3 is 0 Å². The number of amides is 1. The fourth-order valence-electron chi connectivity index (χ4n) is 2.45. The zero-order valence-corrected chi connectivity index (χ0v) is 14.0. The van der Waals surface area contributed by atoms with Crippen LogP contribution >= 0.6 is 0 Å². The number of rotatable bonds is 5. The number of carbonyl (C=O) groups excluding carboxylic acids is 1. The van der Waals surface area contributed by atoms with E-state index >= 15 is 0 Å². The van der Waals surface area contributed by atoms with E-state index in [0.717, 1.165) is 16.6 Å². The van der Waals surface area contributed by atoms with Crippen molar-refractivity contribution < 1.29 is 9.53 Å². The van der Waals surface area contributed by atoms with Crippen LogP contribution in [0.5, 0.6) is 5.88 Å². The number of hydrogen-bond acceptors (Lipinski definition) is 4. The Morgan fingerprint density at radius 3 is 2.75 bits per heavy atom. The van der Waals surface area contributed by atoms with Crippen LogP contribution in [-0.4, -0.2) is 27.3 Å². The third kappa shape index (κ3) is 3.53. The second-order valence-electron chi connectivity index (χ2n) is 5.82. The molecule has 3 rings (SSSR count). The van der Waals surface area contributed by atoms with Crippen LogP contribution in [0.15, 0.2) is 42.6 Å². The number of fused-ring (bicyclic) bond motifs is 1. The van der Waals surface area contributed by atoms with Gasteiger partial charge in [-0.3, -0.25) is 9.48 Å². The van der Waals surface area contributed by atoms with Crippen LogP contribution in [0.1, 0.15) is 24.1 Å². The van der Waals surface area contributed by atoms with Gasteiger partial charge in [0.1, 0.15) is 0 Å². The molecule has 0 aliphatic heterocycles. The Hall–Kier alpha value is -2.89. The van der Waals surface area contributed by atoms with E-state index in [1.54, 1.807) is 16.9 Å². The van der Waals surface area contributed by atoms with Crippen molar-refractivity contribution in [2.24, 2.45) is 7.05 Å². The molecule has 1 amide bonds. The number of pyridine rings is 1. The van der Waals surface area contributed by atoms with Crippen LogP contribution in [0.25, 0.3) is 11.0 Å². The lowest BCUT2D eigenvalue weighted by Gasteiger charge is -2.14. The minimum absolute atomic E-state index is 0.0748. The number of hydrogen-bond donors (Lipinski definition) is 1. The first-order valence-electron chi connectivity index (χ1n) is 7.80. The lowest BCUT2D eigenvalue weighted by molar-refractivity contribution is -0.123. The highest BCUT2D eigenvalue weighted by Crippen LogP contribution is 2.16. The molecule has 0 fully saturated rings. The molecule has 6 nitrogen and oxygen atoms in total. The van der Waals surface area contributed by atoms with E-state index < -0.39 is 0 Å². The largest absolute Gasteiger partial charge is 0.468 e. The van der Waals surface area contributed by atoms with E-state index in [4.69, 9.17) is 4.74 Å². The van der Waals surface area contributed by atoms with Crippen LogP contribution in [0.4, 0.5) is 0 Å². The van der Waals surface area contributed by atoms with Crippen molar-refractivity contribution in [3.8, 4) is 5.88 Å². The minimum atomic E-state index is -0.185. The zero-order valence-electron chi connectivity index (χ0n) is 14.0. The number of nitrogens with one attached hydrogen (secondary N) is 1. The van der Waals surface area contributed by atoms with E-state index in [9.17, 15) is 4.79 Å². The Labute approximate surface area is 140 Å². The lowest BCUT2D eigenvalue weighted by Crippen LogP contribution is -2.31. The van der Waals surface area contributed by atoms with Gasteiger partial charge in [0.15, 0.2) is 12.3 Å². The van der Waals surface area contributed by atoms with Crippen molar-refractivity contribution in [3.63, 3.8) is 0 Å². The van der Waals surface area contributed by atoms with Crippen molar-refractivity contribution in [2.75, 3.05) is 6.61 Å². The molecule has 0 aliphatic carbocycles. The van der Waals surface area contributed by atoms with Gasteiger partial charge in [-0.1, -0.05) is 29.8 Å². The SMILES string of the molecule is Cc1ccc(C(C)NC(=O)COc2ccc3cnn(C)c3n2)cc1. The summed E-state index contributed by atoms with van der Waals surface area (Å²) in [7, 11) is 1.81. The molecule has 1 aromatic carbocycles. The highest BCUT2D eigenvalue weighted by molar-refractivity contribution is 5.78. The van der Waals surface area contributed by atoms with Crippen molar-refractivity contribution >= 4 is 16.9 Å². The molecular formula is C18H20N4O2. The summed E-state index contributed by atoms with van der Waals surface area (Å²) in [5, 5.41) is 7.98. The lowest BCUT2D eigenvalue weighted by atomic mass is 10.1. The van der Waals surface area contributed by atoms with Crippen molar-refractivity contribution in [1.82, 2.24) is 20.1 Å². The normalized spacial score (nSPS) is 12.1. The molecule has 0 radical (unpaired) electrons. The predicted molar refractivity (Wildman–Crippen MR) is 91.7 cm³/mol. The maximum absolute atomic E-state index is 12.1. The van der Waals surface area contributed by atoms with Gasteiger partial charge < -0.3 is 10.1 Å². The molecule has 3 aromatic rings. The molecule has 2 aromatic heterocycles. The van der Waals surface area contributed by atoms with E-state index in [-0.39, 0.29) is 18.6 Å². The first-order valence-corrected chi connectivity index (χ1v) is 7.80. The molecule has 1 N–H and O–H groups in total. The summed E-state index contributed by atoms with van der Waals surface area (Å²) in [6.45, 7) is 3.90. The molecule has 124 valence electrons. The summed E-state index contributed by atoms with van der Waals surface area (Å²) in [4.78, 5) is 16.4. The first-order chi connectivity index (χ1) is 11.5. The van der Waals surface area contributed by atoms with Gasteiger partial charge in [-0.2, -0.15) is 10.1 Å². The van der Waals surface area contributed by atoms with E-state index in [1.807, 2.05) is 51.2 Å². The van der Waals surface area contributed by atoms with Gasteiger partial charge in [0.05, 0.1) is 12.2 Å². The minimum Gasteiger partial charge on any atom is -0.468 e. The fraction of sp³-hybridized carbons (Fsp3) is 0.278. The zero-order chi connectivity index (χ0) is 17.1. The first kappa shape index (κ1) is 16.0.